The maximum Gasteiger partial charge on any atom is 0.159 e. The van der Waals surface area contributed by atoms with E-state index in [1.807, 2.05) is 66.7 Å². The van der Waals surface area contributed by atoms with Crippen molar-refractivity contribution in [1.82, 2.24) is 0 Å². The molecule has 418 valence electrons. The molecule has 6 heteroatoms. The Morgan fingerprint density at radius 2 is 1.00 bits per heavy atom. The molecule has 2 atom stereocenters. The number of halogens is 1. The summed E-state index contributed by atoms with van der Waals surface area (Å²) in [5.41, 5.74) is 16.1. The first-order valence-electron chi connectivity index (χ1n) is 30.0. The second-order valence-electron chi connectivity index (χ2n) is 23.4. The topological polar surface area (TPSA) is 28.9 Å². The third-order valence-corrected chi connectivity index (χ3v) is 19.4. The molecule has 2 aromatic heterocycles. The van der Waals surface area contributed by atoms with Gasteiger partial charge in [-0.05, 0) is 147 Å². The van der Waals surface area contributed by atoms with Gasteiger partial charge in [0.15, 0.2) is 11.4 Å². The zero-order valence-corrected chi connectivity index (χ0v) is 49.1. The average molecular weight is 1150 g/mol. The van der Waals surface area contributed by atoms with Gasteiger partial charge in [-0.2, -0.15) is 0 Å². The van der Waals surface area contributed by atoms with E-state index < -0.39 is 5.60 Å². The summed E-state index contributed by atoms with van der Waals surface area (Å²) in [7, 11) is 0. The highest BCUT2D eigenvalue weighted by atomic mass is 32.1. The normalized spacial score (nSPS) is 15.1. The monoisotopic (exact) mass is 1150 g/mol. The SMILES string of the molecule is Cc1c(-c2ccccc2)cc(-c2ccccc2)cc1N(c1ccc2c(c1)c1ccccc1c1c3ccc(N(c4cc(-c5ccccc5)cc(-c5ccccc5)c4F)c4cccc5c4OC4(C)C=CC=CC54)cc3sc21)c1cccc2c1oc1ccccc12. The minimum atomic E-state index is -0.607. The van der Waals surface area contributed by atoms with E-state index in [9.17, 15) is 0 Å². The van der Waals surface area contributed by atoms with Gasteiger partial charge in [0.05, 0.1) is 22.7 Å². The van der Waals surface area contributed by atoms with Gasteiger partial charge >= 0.3 is 0 Å². The Balaban J connectivity index is 0.898. The number of hydrogen-bond donors (Lipinski definition) is 0. The molecule has 15 aromatic rings. The Bertz CT molecular complexity index is 5360. The minimum Gasteiger partial charge on any atom is -0.480 e. The molecular formula is C82H55FN2O2S. The van der Waals surface area contributed by atoms with Crippen molar-refractivity contribution in [2.75, 3.05) is 9.80 Å². The first-order valence-corrected chi connectivity index (χ1v) is 30.8. The number of hydrogen-bond acceptors (Lipinski definition) is 5. The van der Waals surface area contributed by atoms with Crippen LogP contribution in [0.2, 0.25) is 0 Å². The van der Waals surface area contributed by atoms with Crippen LogP contribution >= 0.6 is 11.3 Å². The number of thiophene rings is 1. The Hall–Kier alpha value is -10.8. The lowest BCUT2D eigenvalue weighted by atomic mass is 9.82. The van der Waals surface area contributed by atoms with Crippen molar-refractivity contribution >= 4 is 109 Å². The van der Waals surface area contributed by atoms with Crippen molar-refractivity contribution in [3.05, 3.63) is 308 Å². The second-order valence-corrected chi connectivity index (χ2v) is 24.4. The number of benzene rings is 13. The van der Waals surface area contributed by atoms with Gasteiger partial charge in [0.2, 0.25) is 0 Å². The molecule has 0 bridgehead atoms. The molecule has 1 aliphatic carbocycles. The third-order valence-electron chi connectivity index (χ3n) is 18.2. The fraction of sp³-hybridized carbons (Fsp3) is 0.0488. The van der Waals surface area contributed by atoms with Gasteiger partial charge in [-0.3, -0.25) is 0 Å². The number of allylic oxidation sites excluding steroid dienone is 2. The fourth-order valence-corrected chi connectivity index (χ4v) is 15.3. The number of rotatable bonds is 10. The van der Waals surface area contributed by atoms with E-state index in [0.717, 1.165) is 138 Å². The second kappa shape index (κ2) is 20.4. The van der Waals surface area contributed by atoms with E-state index in [2.05, 4.69) is 248 Å². The van der Waals surface area contributed by atoms with Gasteiger partial charge in [0, 0.05) is 64.8 Å². The van der Waals surface area contributed by atoms with Crippen molar-refractivity contribution in [3.63, 3.8) is 0 Å². The largest absolute Gasteiger partial charge is 0.480 e. The highest BCUT2D eigenvalue weighted by Crippen LogP contribution is 2.56. The summed E-state index contributed by atoms with van der Waals surface area (Å²) in [5, 5.41) is 9.08. The van der Waals surface area contributed by atoms with Crippen LogP contribution in [-0.4, -0.2) is 5.60 Å². The van der Waals surface area contributed by atoms with E-state index in [1.54, 1.807) is 11.3 Å². The molecule has 0 saturated carbocycles. The first-order chi connectivity index (χ1) is 43.3. The van der Waals surface area contributed by atoms with Crippen LogP contribution in [0.25, 0.3) is 108 Å². The summed E-state index contributed by atoms with van der Waals surface area (Å²) in [6, 6.07) is 94.0. The summed E-state index contributed by atoms with van der Waals surface area (Å²) in [5.74, 6) is 0.409. The molecule has 0 fully saturated rings. The Labute approximate surface area is 513 Å². The molecule has 0 N–H and O–H groups in total. The molecule has 0 amide bonds. The van der Waals surface area contributed by atoms with Crippen molar-refractivity contribution in [2.24, 2.45) is 0 Å². The standard InChI is InChI=1S/C82H55FN2O2S/c1-51-67(54-27-11-5-12-28-54)45-56(52-23-7-3-8-24-52)47-73(51)84(71-37-21-34-63-61-32-17-18-39-75(61)86-79(63)71)58-40-42-64-69(49-58)60-31-15-16-33-62(60)77-66-43-41-59(50-76(66)88-81(64)77)85(72-38-22-35-65-70-36-19-20-44-82(70,2)87-80(65)72)74-48-57(53-25-9-4-10-26-53)46-68(78(74)83)55-29-13-6-14-30-55/h3-50,70H,1-2H3. The number of ether oxygens (including phenoxy) is 1. The van der Waals surface area contributed by atoms with Crippen molar-refractivity contribution in [3.8, 4) is 50.3 Å². The average Bonchev–Trinajstić information content (AvgIpc) is 2.01. The van der Waals surface area contributed by atoms with Crippen molar-refractivity contribution in [2.45, 2.75) is 25.4 Å². The van der Waals surface area contributed by atoms with Gasteiger partial charge < -0.3 is 19.0 Å². The number of nitrogens with zero attached hydrogens (tertiary/aromatic N) is 2. The zero-order valence-electron chi connectivity index (χ0n) is 48.3. The highest BCUT2D eigenvalue weighted by molar-refractivity contribution is 7.27. The van der Waals surface area contributed by atoms with Crippen LogP contribution in [0.4, 0.5) is 38.5 Å². The van der Waals surface area contributed by atoms with Crippen LogP contribution < -0.4 is 14.5 Å². The molecule has 13 aromatic carbocycles. The molecule has 17 rings (SSSR count). The highest BCUT2D eigenvalue weighted by Gasteiger charge is 2.44. The summed E-state index contributed by atoms with van der Waals surface area (Å²) < 4.78 is 34.7. The quantitative estimate of drug-likeness (QED) is 0.128. The molecule has 1 aliphatic heterocycles. The Morgan fingerprint density at radius 3 is 1.73 bits per heavy atom. The van der Waals surface area contributed by atoms with Crippen molar-refractivity contribution < 1.29 is 13.5 Å². The van der Waals surface area contributed by atoms with Crippen LogP contribution in [0.1, 0.15) is 24.0 Å². The van der Waals surface area contributed by atoms with Gasteiger partial charge in [0.1, 0.15) is 16.9 Å². The van der Waals surface area contributed by atoms with Crippen LogP contribution in [-0.2, 0) is 0 Å². The first kappa shape index (κ1) is 51.6. The third kappa shape index (κ3) is 8.24. The zero-order chi connectivity index (χ0) is 58.6. The number of furan rings is 1. The van der Waals surface area contributed by atoms with E-state index in [4.69, 9.17) is 9.15 Å². The summed E-state index contributed by atoms with van der Waals surface area (Å²) in [6.45, 7) is 4.39. The van der Waals surface area contributed by atoms with Gasteiger partial charge in [-0.1, -0.05) is 218 Å². The van der Waals surface area contributed by atoms with Crippen molar-refractivity contribution in [1.29, 1.82) is 0 Å². The summed E-state index contributed by atoms with van der Waals surface area (Å²) in [4.78, 5) is 4.52. The maximum atomic E-state index is 18.4. The fourth-order valence-electron chi connectivity index (χ4n) is 14.0. The van der Waals surface area contributed by atoms with E-state index in [1.165, 1.54) is 10.1 Å². The number of anilines is 6. The molecule has 4 nitrogen and oxygen atoms in total. The molecule has 0 saturated heterocycles. The molecule has 88 heavy (non-hydrogen) atoms. The summed E-state index contributed by atoms with van der Waals surface area (Å²) in [6.07, 6.45) is 8.52. The van der Waals surface area contributed by atoms with E-state index in [0.29, 0.717) is 11.3 Å². The predicted octanol–water partition coefficient (Wildman–Crippen LogP) is 23.7. The molecular weight excluding hydrogens is 1100 g/mol. The predicted molar refractivity (Wildman–Crippen MR) is 367 cm³/mol. The lowest BCUT2D eigenvalue weighted by Gasteiger charge is -2.30. The van der Waals surface area contributed by atoms with Crippen LogP contribution in [0.15, 0.2) is 296 Å². The summed E-state index contributed by atoms with van der Waals surface area (Å²) >= 11 is 1.79. The Kier molecular flexibility index (Phi) is 12.0. The van der Waals surface area contributed by atoms with Gasteiger partial charge in [0.25, 0.3) is 0 Å². The molecule has 0 radical (unpaired) electrons. The molecule has 2 aliphatic rings. The molecule has 2 unspecified atom stereocenters. The number of para-hydroxylation sites is 3. The maximum absolute atomic E-state index is 18.4. The van der Waals surface area contributed by atoms with Gasteiger partial charge in [-0.15, -0.1) is 11.3 Å². The van der Waals surface area contributed by atoms with Crippen LogP contribution in [0, 0.1) is 12.7 Å². The number of fused-ring (bicyclic) bond motifs is 14. The smallest absolute Gasteiger partial charge is 0.159 e. The van der Waals surface area contributed by atoms with Crippen LogP contribution in [0.5, 0.6) is 5.75 Å². The van der Waals surface area contributed by atoms with Gasteiger partial charge in [-0.25, -0.2) is 4.39 Å². The lowest BCUT2D eigenvalue weighted by Crippen LogP contribution is -2.32. The Morgan fingerprint density at radius 1 is 0.432 bits per heavy atom. The molecule has 0 spiro atoms. The van der Waals surface area contributed by atoms with E-state index in [-0.39, 0.29) is 11.7 Å². The minimum absolute atomic E-state index is 0.0110. The lowest BCUT2D eigenvalue weighted by molar-refractivity contribution is 0.156. The van der Waals surface area contributed by atoms with Crippen LogP contribution in [0.3, 0.4) is 0 Å². The van der Waals surface area contributed by atoms with E-state index >= 15 is 4.39 Å². The molecule has 3 heterocycles.